The van der Waals surface area contributed by atoms with Gasteiger partial charge in [0.05, 0.1) is 0 Å². The molecule has 1 aromatic carbocycles. The van der Waals surface area contributed by atoms with Gasteiger partial charge in [-0.05, 0) is 0 Å². The van der Waals surface area contributed by atoms with Crippen LogP contribution in [0.5, 0.6) is 5.75 Å². The van der Waals surface area contributed by atoms with Crippen molar-refractivity contribution in [3.63, 3.8) is 0 Å². The molecule has 0 aliphatic heterocycles. The first-order chi connectivity index (χ1) is 7.83. The molecule has 0 atom stereocenters. The average molecular weight is 333 g/mol. The van der Waals surface area contributed by atoms with Gasteiger partial charge in [0.2, 0.25) is 0 Å². The molecule has 0 saturated heterocycles. The van der Waals surface area contributed by atoms with E-state index in [1.165, 1.54) is 36.0 Å². The van der Waals surface area contributed by atoms with Crippen molar-refractivity contribution in [2.75, 3.05) is 15.6 Å². The molecule has 1 aliphatic rings. The van der Waals surface area contributed by atoms with Gasteiger partial charge in [0.1, 0.15) is 0 Å². The number of aliphatic hydroxyl groups is 1. The summed E-state index contributed by atoms with van der Waals surface area (Å²) in [5.41, 5.74) is 4.36. The number of hydrogen-bond donors (Lipinski definition) is 1. The summed E-state index contributed by atoms with van der Waals surface area (Å²) in [7, 11) is 0. The first-order valence-electron chi connectivity index (χ1n) is 5.71. The Kier molecular flexibility index (Phi) is 4.46. The van der Waals surface area contributed by atoms with Crippen molar-refractivity contribution < 1.29 is 31.0 Å². The molecule has 0 amide bonds. The van der Waals surface area contributed by atoms with Crippen molar-refractivity contribution in [3.8, 4) is 5.75 Å². The summed E-state index contributed by atoms with van der Waals surface area (Å²) in [6, 6.07) is 4.28. The summed E-state index contributed by atoms with van der Waals surface area (Å²) in [5.74, 6) is 1.09. The van der Waals surface area contributed by atoms with Crippen LogP contribution in [-0.4, -0.2) is 20.8 Å². The summed E-state index contributed by atoms with van der Waals surface area (Å²) < 4.78 is 7.61. The Morgan fingerprint density at radius 2 is 2.12 bits per heavy atom. The Labute approximate surface area is 107 Å². The second-order valence-electron chi connectivity index (χ2n) is 4.05. The number of benzene rings is 1. The van der Waals surface area contributed by atoms with Gasteiger partial charge in [0.25, 0.3) is 0 Å². The monoisotopic (exact) mass is 333 g/mol. The van der Waals surface area contributed by atoms with Crippen molar-refractivity contribution >= 4 is 0 Å². The third kappa shape index (κ3) is 2.69. The second-order valence-corrected chi connectivity index (χ2v) is 6.83. The van der Waals surface area contributed by atoms with Crippen molar-refractivity contribution in [1.29, 1.82) is 0 Å². The molecule has 0 aromatic heterocycles. The molecule has 90 valence electrons. The molecule has 0 unspecified atom stereocenters. The van der Waals surface area contributed by atoms with Gasteiger partial charge in [0, 0.05) is 0 Å². The molecular formula is C13H18IO2-. The van der Waals surface area contributed by atoms with Crippen LogP contribution in [0.15, 0.2) is 12.1 Å². The van der Waals surface area contributed by atoms with Crippen LogP contribution in [-0.2, 0) is 12.8 Å². The molecule has 0 fully saturated rings. The van der Waals surface area contributed by atoms with E-state index < -0.39 is 0 Å². The van der Waals surface area contributed by atoms with Crippen LogP contribution in [0.4, 0.5) is 0 Å². The number of alkyl halides is 2. The van der Waals surface area contributed by atoms with Crippen molar-refractivity contribution in [3.05, 3.63) is 28.8 Å². The molecule has 0 spiro atoms. The number of aryl methyl sites for hydroxylation is 1. The first kappa shape index (κ1) is 12.2. The van der Waals surface area contributed by atoms with E-state index in [0.717, 1.165) is 14.8 Å². The van der Waals surface area contributed by atoms with Crippen LogP contribution in [0.25, 0.3) is 0 Å². The molecular weight excluding hydrogens is 315 g/mol. The van der Waals surface area contributed by atoms with Crippen molar-refractivity contribution in [1.82, 2.24) is 0 Å². The van der Waals surface area contributed by atoms with Crippen LogP contribution >= 0.6 is 0 Å². The maximum absolute atomic E-state index is 8.73. The third-order valence-corrected chi connectivity index (χ3v) is 4.98. The van der Waals surface area contributed by atoms with Gasteiger partial charge in [-0.3, -0.25) is 0 Å². The van der Waals surface area contributed by atoms with E-state index in [4.69, 9.17) is 9.84 Å². The molecule has 0 saturated carbocycles. The zero-order valence-electron chi connectivity index (χ0n) is 9.63. The molecule has 1 aromatic rings. The minimum atomic E-state index is 0.0113. The van der Waals surface area contributed by atoms with E-state index in [2.05, 4.69) is 19.1 Å². The van der Waals surface area contributed by atoms with E-state index in [1.54, 1.807) is 0 Å². The normalized spacial score (nSPS) is 14.1. The van der Waals surface area contributed by atoms with Gasteiger partial charge in [0.15, 0.2) is 0 Å². The van der Waals surface area contributed by atoms with Crippen LogP contribution < -0.4 is 25.9 Å². The fourth-order valence-corrected chi connectivity index (χ4v) is 3.41. The van der Waals surface area contributed by atoms with Crippen LogP contribution in [0.2, 0.25) is 0 Å². The van der Waals surface area contributed by atoms with E-state index in [0.29, 0.717) is 6.61 Å². The number of halogens is 1. The Bertz CT molecular complexity index is 363. The Balaban J connectivity index is 2.02. The Morgan fingerprint density at radius 1 is 1.31 bits per heavy atom. The summed E-state index contributed by atoms with van der Waals surface area (Å²) in [6.45, 7) is 2.50. The van der Waals surface area contributed by atoms with E-state index in [9.17, 15) is 0 Å². The number of ether oxygens (including phenoxy) is 1. The Morgan fingerprint density at radius 3 is 2.94 bits per heavy atom. The molecule has 2 rings (SSSR count). The fourth-order valence-electron chi connectivity index (χ4n) is 2.20. The zero-order valence-corrected chi connectivity index (χ0v) is 11.8. The first-order valence-corrected chi connectivity index (χ1v) is 8.76. The number of aliphatic hydroxyl groups excluding tert-OH is 1. The summed E-state index contributed by atoms with van der Waals surface area (Å²) in [6.07, 6.45) is 3.65. The SMILES string of the molecule is Cc1ccc(OC[I-]CCO)c2c1CCC2. The van der Waals surface area contributed by atoms with E-state index in [1.807, 2.05) is 0 Å². The average Bonchev–Trinajstić information content (AvgIpc) is 2.77. The van der Waals surface area contributed by atoms with E-state index >= 15 is 0 Å². The van der Waals surface area contributed by atoms with Gasteiger partial charge >= 0.3 is 107 Å². The fraction of sp³-hybridized carbons (Fsp3) is 0.538. The molecule has 0 bridgehead atoms. The molecule has 1 aliphatic carbocycles. The van der Waals surface area contributed by atoms with Crippen molar-refractivity contribution in [2.45, 2.75) is 26.2 Å². The standard InChI is InChI=1S/C13H18IO2/c1-10-5-6-13(16-9-14-7-8-15)12-4-2-3-11(10)12/h5-6,15H,2-4,7-9H2,1H3/q-1. The molecule has 0 heterocycles. The number of hydrogen-bond acceptors (Lipinski definition) is 2. The van der Waals surface area contributed by atoms with Crippen LogP contribution in [0.3, 0.4) is 0 Å². The van der Waals surface area contributed by atoms with Crippen LogP contribution in [0.1, 0.15) is 23.1 Å². The van der Waals surface area contributed by atoms with Gasteiger partial charge in [-0.1, -0.05) is 0 Å². The van der Waals surface area contributed by atoms with Crippen molar-refractivity contribution in [2.24, 2.45) is 0 Å². The second kappa shape index (κ2) is 5.87. The van der Waals surface area contributed by atoms with Gasteiger partial charge in [-0.2, -0.15) is 0 Å². The predicted octanol–water partition coefficient (Wildman–Crippen LogP) is -1.10. The summed E-state index contributed by atoms with van der Waals surface area (Å²) in [5, 5.41) is 8.73. The Hall–Kier alpha value is -0.290. The van der Waals surface area contributed by atoms with Gasteiger partial charge in [-0.25, -0.2) is 0 Å². The minimum absolute atomic E-state index is 0.0113. The number of rotatable bonds is 5. The summed E-state index contributed by atoms with van der Waals surface area (Å²) in [4.78, 5) is 0. The van der Waals surface area contributed by atoms with Gasteiger partial charge in [-0.15, -0.1) is 0 Å². The summed E-state index contributed by atoms with van der Waals surface area (Å²) >= 11 is 0.0113. The third-order valence-electron chi connectivity index (χ3n) is 2.98. The van der Waals surface area contributed by atoms with Crippen LogP contribution in [0, 0.1) is 6.92 Å². The molecule has 1 N–H and O–H groups in total. The molecule has 2 nitrogen and oxygen atoms in total. The zero-order chi connectivity index (χ0) is 11.4. The predicted molar refractivity (Wildman–Crippen MR) is 60.7 cm³/mol. The maximum atomic E-state index is 8.73. The quantitative estimate of drug-likeness (QED) is 0.421. The number of fused-ring (bicyclic) bond motifs is 1. The topological polar surface area (TPSA) is 29.5 Å². The molecule has 3 heteroatoms. The van der Waals surface area contributed by atoms with Gasteiger partial charge < -0.3 is 0 Å². The van der Waals surface area contributed by atoms with E-state index in [-0.39, 0.29) is 21.2 Å². The molecule has 16 heavy (non-hydrogen) atoms. The molecule has 0 radical (unpaired) electrons.